The predicted octanol–water partition coefficient (Wildman–Crippen LogP) is 2.09. The van der Waals surface area contributed by atoms with Crippen molar-refractivity contribution in [1.82, 2.24) is 10.3 Å². The number of nitrogens with one attached hydrogen (secondary N) is 1. The van der Waals surface area contributed by atoms with E-state index in [2.05, 4.69) is 10.3 Å². The summed E-state index contributed by atoms with van der Waals surface area (Å²) in [7, 11) is 3.27. The molecule has 1 heterocycles. The lowest BCUT2D eigenvalue weighted by atomic mass is 10.2. The topological polar surface area (TPSA) is 63.6 Å². The second-order valence-electron chi connectivity index (χ2n) is 4.29. The van der Waals surface area contributed by atoms with Gasteiger partial charge in [-0.05, 0) is 18.2 Å². The number of rotatable bonds is 6. The van der Waals surface area contributed by atoms with Crippen LogP contribution in [0.3, 0.4) is 0 Å². The first kappa shape index (κ1) is 14.1. The summed E-state index contributed by atoms with van der Waals surface area (Å²) < 4.78 is 10.5. The molecule has 5 nitrogen and oxygen atoms in total. The Kier molecular flexibility index (Phi) is 4.79. The Balaban J connectivity index is 1.95. The Labute approximate surface area is 118 Å². The van der Waals surface area contributed by atoms with E-state index in [1.54, 1.807) is 26.4 Å². The van der Waals surface area contributed by atoms with Crippen molar-refractivity contribution in [2.45, 2.75) is 13.1 Å². The summed E-state index contributed by atoms with van der Waals surface area (Å²) in [4.78, 5) is 4.12. The first-order chi connectivity index (χ1) is 9.72. The third kappa shape index (κ3) is 3.61. The van der Waals surface area contributed by atoms with Crippen LogP contribution in [0.4, 0.5) is 0 Å². The lowest BCUT2D eigenvalue weighted by Gasteiger charge is -2.11. The monoisotopic (exact) mass is 274 g/mol. The van der Waals surface area contributed by atoms with Crippen molar-refractivity contribution in [3.8, 4) is 17.2 Å². The van der Waals surface area contributed by atoms with Gasteiger partial charge in [-0.1, -0.05) is 6.07 Å². The molecule has 0 aliphatic rings. The van der Waals surface area contributed by atoms with Gasteiger partial charge in [0.15, 0.2) is 0 Å². The van der Waals surface area contributed by atoms with E-state index >= 15 is 0 Å². The second-order valence-corrected chi connectivity index (χ2v) is 4.29. The highest BCUT2D eigenvalue weighted by Gasteiger charge is 2.05. The van der Waals surface area contributed by atoms with Gasteiger partial charge in [0.1, 0.15) is 17.2 Å². The summed E-state index contributed by atoms with van der Waals surface area (Å²) in [6, 6.07) is 9.13. The van der Waals surface area contributed by atoms with Gasteiger partial charge in [-0.25, -0.2) is 0 Å². The number of hydrogen-bond acceptors (Lipinski definition) is 5. The quantitative estimate of drug-likeness (QED) is 0.844. The van der Waals surface area contributed by atoms with E-state index in [0.717, 1.165) is 22.8 Å². The molecule has 0 bridgehead atoms. The Morgan fingerprint density at radius 1 is 1.10 bits per heavy atom. The Morgan fingerprint density at radius 3 is 2.60 bits per heavy atom. The van der Waals surface area contributed by atoms with Gasteiger partial charge < -0.3 is 19.9 Å². The first-order valence-corrected chi connectivity index (χ1v) is 6.28. The third-order valence-electron chi connectivity index (χ3n) is 2.92. The molecular formula is C15H18N2O3. The fraction of sp³-hybridized carbons (Fsp3) is 0.267. The molecule has 0 radical (unpaired) electrons. The predicted molar refractivity (Wildman–Crippen MR) is 76.0 cm³/mol. The molecule has 0 aliphatic heterocycles. The first-order valence-electron chi connectivity index (χ1n) is 6.28. The standard InChI is InChI=1S/C15H18N2O3/c1-19-14-6-3-11(15(7-14)20-2)8-16-9-12-4-5-13(18)10-17-12/h3-7,10,16,18H,8-9H2,1-2H3. The van der Waals surface area contributed by atoms with Crippen LogP contribution in [0.1, 0.15) is 11.3 Å². The molecule has 20 heavy (non-hydrogen) atoms. The second kappa shape index (κ2) is 6.77. The number of nitrogens with zero attached hydrogens (tertiary/aromatic N) is 1. The zero-order chi connectivity index (χ0) is 14.4. The molecule has 1 aromatic heterocycles. The SMILES string of the molecule is COc1ccc(CNCc2ccc(O)cn2)c(OC)c1. The van der Waals surface area contributed by atoms with E-state index < -0.39 is 0 Å². The number of aromatic hydroxyl groups is 1. The highest BCUT2D eigenvalue weighted by molar-refractivity contribution is 5.40. The third-order valence-corrected chi connectivity index (χ3v) is 2.92. The number of pyridine rings is 1. The maximum Gasteiger partial charge on any atom is 0.133 e. The molecule has 0 saturated carbocycles. The summed E-state index contributed by atoms with van der Waals surface area (Å²) in [6.45, 7) is 1.28. The van der Waals surface area contributed by atoms with Crippen LogP contribution in [-0.4, -0.2) is 24.3 Å². The number of hydrogen-bond donors (Lipinski definition) is 2. The van der Waals surface area contributed by atoms with Gasteiger partial charge in [0.05, 0.1) is 26.1 Å². The van der Waals surface area contributed by atoms with E-state index in [1.165, 1.54) is 6.20 Å². The van der Waals surface area contributed by atoms with Crippen molar-refractivity contribution in [3.63, 3.8) is 0 Å². The fourth-order valence-electron chi connectivity index (χ4n) is 1.84. The Bertz CT molecular complexity index is 556. The maximum absolute atomic E-state index is 9.17. The average Bonchev–Trinajstić information content (AvgIpc) is 2.49. The zero-order valence-corrected chi connectivity index (χ0v) is 11.6. The summed E-state index contributed by atoms with van der Waals surface area (Å²) in [5.74, 6) is 1.73. The van der Waals surface area contributed by atoms with Gasteiger partial charge in [0.2, 0.25) is 0 Å². The van der Waals surface area contributed by atoms with Gasteiger partial charge in [-0.2, -0.15) is 0 Å². The Morgan fingerprint density at radius 2 is 1.95 bits per heavy atom. The van der Waals surface area contributed by atoms with Crippen LogP contribution in [-0.2, 0) is 13.1 Å². The highest BCUT2D eigenvalue weighted by atomic mass is 16.5. The molecule has 0 saturated heterocycles. The number of benzene rings is 1. The van der Waals surface area contributed by atoms with Crippen molar-refractivity contribution < 1.29 is 14.6 Å². The molecule has 0 aliphatic carbocycles. The summed E-state index contributed by atoms with van der Waals surface area (Å²) in [6.07, 6.45) is 1.44. The number of aromatic nitrogens is 1. The minimum absolute atomic E-state index is 0.172. The molecule has 2 N–H and O–H groups in total. The molecule has 2 rings (SSSR count). The smallest absolute Gasteiger partial charge is 0.133 e. The van der Waals surface area contributed by atoms with Crippen LogP contribution >= 0.6 is 0 Å². The van der Waals surface area contributed by atoms with Crippen LogP contribution < -0.4 is 14.8 Å². The van der Waals surface area contributed by atoms with Gasteiger partial charge in [-0.3, -0.25) is 4.98 Å². The van der Waals surface area contributed by atoms with Crippen LogP contribution in [0.15, 0.2) is 36.5 Å². The van der Waals surface area contributed by atoms with Crippen molar-refractivity contribution in [2.24, 2.45) is 0 Å². The molecule has 2 aromatic rings. The molecule has 0 fully saturated rings. The minimum atomic E-state index is 0.172. The molecule has 0 unspecified atom stereocenters. The highest BCUT2D eigenvalue weighted by Crippen LogP contribution is 2.24. The minimum Gasteiger partial charge on any atom is -0.506 e. The molecule has 5 heteroatoms. The number of methoxy groups -OCH3 is 2. The fourth-order valence-corrected chi connectivity index (χ4v) is 1.84. The molecule has 0 amide bonds. The van der Waals surface area contributed by atoms with Gasteiger partial charge in [0, 0.05) is 24.7 Å². The summed E-state index contributed by atoms with van der Waals surface area (Å²) >= 11 is 0. The maximum atomic E-state index is 9.17. The lowest BCUT2D eigenvalue weighted by Crippen LogP contribution is -2.14. The van der Waals surface area contributed by atoms with Crippen LogP contribution in [0, 0.1) is 0 Å². The van der Waals surface area contributed by atoms with E-state index in [-0.39, 0.29) is 5.75 Å². The van der Waals surface area contributed by atoms with Gasteiger partial charge >= 0.3 is 0 Å². The summed E-state index contributed by atoms with van der Waals surface area (Å²) in [5, 5.41) is 12.5. The van der Waals surface area contributed by atoms with Crippen molar-refractivity contribution in [3.05, 3.63) is 47.8 Å². The van der Waals surface area contributed by atoms with E-state index in [9.17, 15) is 0 Å². The molecule has 1 aromatic carbocycles. The van der Waals surface area contributed by atoms with E-state index in [1.807, 2.05) is 18.2 Å². The zero-order valence-electron chi connectivity index (χ0n) is 11.6. The van der Waals surface area contributed by atoms with Crippen molar-refractivity contribution in [1.29, 1.82) is 0 Å². The number of ether oxygens (including phenoxy) is 2. The Hall–Kier alpha value is -2.27. The molecule has 106 valence electrons. The normalized spacial score (nSPS) is 10.3. The van der Waals surface area contributed by atoms with Crippen molar-refractivity contribution in [2.75, 3.05) is 14.2 Å². The van der Waals surface area contributed by atoms with Crippen LogP contribution in [0.25, 0.3) is 0 Å². The average molecular weight is 274 g/mol. The van der Waals surface area contributed by atoms with Gasteiger partial charge in [0.25, 0.3) is 0 Å². The van der Waals surface area contributed by atoms with Crippen LogP contribution in [0.5, 0.6) is 17.2 Å². The van der Waals surface area contributed by atoms with Gasteiger partial charge in [-0.15, -0.1) is 0 Å². The summed E-state index contributed by atoms with van der Waals surface area (Å²) in [5.41, 5.74) is 1.92. The van der Waals surface area contributed by atoms with Crippen LogP contribution in [0.2, 0.25) is 0 Å². The molecular weight excluding hydrogens is 256 g/mol. The largest absolute Gasteiger partial charge is 0.506 e. The molecule has 0 atom stereocenters. The lowest BCUT2D eigenvalue weighted by molar-refractivity contribution is 0.389. The van der Waals surface area contributed by atoms with E-state index in [4.69, 9.17) is 14.6 Å². The van der Waals surface area contributed by atoms with E-state index in [0.29, 0.717) is 13.1 Å². The van der Waals surface area contributed by atoms with Crippen molar-refractivity contribution >= 4 is 0 Å². The molecule has 0 spiro atoms.